The van der Waals surface area contributed by atoms with E-state index in [-0.39, 0.29) is 30.6 Å². The first-order valence-corrected chi connectivity index (χ1v) is 9.60. The molecule has 28 heavy (non-hydrogen) atoms. The van der Waals surface area contributed by atoms with E-state index in [9.17, 15) is 14.0 Å². The normalized spacial score (nSPS) is 10.4. The summed E-state index contributed by atoms with van der Waals surface area (Å²) in [6.45, 7) is 8.23. The monoisotopic (exact) mass is 385 g/mol. The molecule has 2 amide bonds. The minimum absolute atomic E-state index is 0.269. The van der Waals surface area contributed by atoms with Gasteiger partial charge in [-0.15, -0.1) is 0 Å². The molecule has 2 aromatic rings. The number of carbonyl (C=O) groups excluding carboxylic acids is 2. The minimum Gasteiger partial charge on any atom is -0.372 e. The van der Waals surface area contributed by atoms with Crippen LogP contribution in [0.3, 0.4) is 0 Å². The molecule has 0 saturated carbocycles. The van der Waals surface area contributed by atoms with Gasteiger partial charge in [0.2, 0.25) is 11.8 Å². The molecule has 5 nitrogen and oxygen atoms in total. The smallest absolute Gasteiger partial charge is 0.233 e. The maximum Gasteiger partial charge on any atom is 0.233 e. The summed E-state index contributed by atoms with van der Waals surface area (Å²) in [5, 5.41) is 5.44. The topological polar surface area (TPSA) is 61.4 Å². The molecule has 0 aliphatic heterocycles. The lowest BCUT2D eigenvalue weighted by Gasteiger charge is -2.22. The molecule has 2 aromatic carbocycles. The van der Waals surface area contributed by atoms with Crippen LogP contribution >= 0.6 is 0 Å². The molecule has 0 saturated heterocycles. The van der Waals surface area contributed by atoms with Crippen LogP contribution in [0.5, 0.6) is 0 Å². The first kappa shape index (κ1) is 21.4. The third-order valence-corrected chi connectivity index (χ3v) is 4.61. The SMILES string of the molecule is CCN(CC)c1ccc(NC(=O)CC(=O)NCCc2ccccc2F)c(C)c1. The fourth-order valence-corrected chi connectivity index (χ4v) is 3.01. The molecule has 0 bridgehead atoms. The molecular weight excluding hydrogens is 357 g/mol. The van der Waals surface area contributed by atoms with Crippen molar-refractivity contribution in [3.8, 4) is 0 Å². The van der Waals surface area contributed by atoms with Gasteiger partial charge in [-0.1, -0.05) is 18.2 Å². The van der Waals surface area contributed by atoms with Crippen molar-refractivity contribution in [1.82, 2.24) is 5.32 Å². The van der Waals surface area contributed by atoms with E-state index >= 15 is 0 Å². The zero-order chi connectivity index (χ0) is 20.5. The average molecular weight is 385 g/mol. The van der Waals surface area contributed by atoms with Gasteiger partial charge in [-0.3, -0.25) is 9.59 Å². The van der Waals surface area contributed by atoms with Crippen LogP contribution in [0, 0.1) is 12.7 Å². The van der Waals surface area contributed by atoms with Crippen LogP contribution in [0.1, 0.15) is 31.4 Å². The van der Waals surface area contributed by atoms with E-state index in [1.54, 1.807) is 18.2 Å². The van der Waals surface area contributed by atoms with Crippen LogP contribution in [0.2, 0.25) is 0 Å². The number of nitrogens with zero attached hydrogens (tertiary/aromatic N) is 1. The summed E-state index contributed by atoms with van der Waals surface area (Å²) in [5.74, 6) is -1.05. The van der Waals surface area contributed by atoms with Crippen molar-refractivity contribution in [2.45, 2.75) is 33.6 Å². The maximum atomic E-state index is 13.5. The summed E-state index contributed by atoms with van der Waals surface area (Å²) >= 11 is 0. The Morgan fingerprint density at radius 3 is 2.39 bits per heavy atom. The van der Waals surface area contributed by atoms with E-state index in [4.69, 9.17) is 0 Å². The number of halogens is 1. The molecule has 0 atom stereocenters. The Kier molecular flexibility index (Phi) is 7.99. The lowest BCUT2D eigenvalue weighted by atomic mass is 10.1. The minimum atomic E-state index is -0.383. The van der Waals surface area contributed by atoms with Gasteiger partial charge in [-0.05, 0) is 62.6 Å². The Balaban J connectivity index is 1.83. The predicted molar refractivity (Wildman–Crippen MR) is 111 cm³/mol. The maximum absolute atomic E-state index is 13.5. The van der Waals surface area contributed by atoms with Crippen molar-refractivity contribution in [1.29, 1.82) is 0 Å². The van der Waals surface area contributed by atoms with E-state index in [1.165, 1.54) is 6.07 Å². The molecule has 2 N–H and O–H groups in total. The fraction of sp³-hybridized carbons (Fsp3) is 0.364. The summed E-state index contributed by atoms with van der Waals surface area (Å²) in [5.41, 5.74) is 3.28. The molecule has 0 aliphatic carbocycles. The molecule has 0 unspecified atom stereocenters. The second kappa shape index (κ2) is 10.4. The summed E-state index contributed by atoms with van der Waals surface area (Å²) in [4.78, 5) is 26.3. The van der Waals surface area contributed by atoms with Gasteiger partial charge in [0.15, 0.2) is 0 Å². The van der Waals surface area contributed by atoms with Crippen LogP contribution in [0.15, 0.2) is 42.5 Å². The number of anilines is 2. The molecule has 0 fully saturated rings. The molecule has 0 aromatic heterocycles. The average Bonchev–Trinajstić information content (AvgIpc) is 2.66. The van der Waals surface area contributed by atoms with Crippen molar-refractivity contribution in [3.63, 3.8) is 0 Å². The van der Waals surface area contributed by atoms with Crippen molar-refractivity contribution >= 4 is 23.2 Å². The molecule has 0 heterocycles. The van der Waals surface area contributed by atoms with Gasteiger partial charge in [0, 0.05) is 31.0 Å². The second-order valence-electron chi connectivity index (χ2n) is 6.59. The fourth-order valence-electron chi connectivity index (χ4n) is 3.01. The summed E-state index contributed by atoms with van der Waals surface area (Å²) in [7, 11) is 0. The quantitative estimate of drug-likeness (QED) is 0.648. The highest BCUT2D eigenvalue weighted by Gasteiger charge is 2.12. The number of nitrogens with one attached hydrogen (secondary N) is 2. The largest absolute Gasteiger partial charge is 0.372 e. The van der Waals surface area contributed by atoms with Crippen molar-refractivity contribution in [2.75, 3.05) is 29.9 Å². The van der Waals surface area contributed by atoms with Crippen LogP contribution < -0.4 is 15.5 Å². The second-order valence-corrected chi connectivity index (χ2v) is 6.59. The van der Waals surface area contributed by atoms with Gasteiger partial charge in [-0.2, -0.15) is 0 Å². The van der Waals surface area contributed by atoms with Crippen LogP contribution in [0.25, 0.3) is 0 Å². The molecule has 2 rings (SSSR count). The van der Waals surface area contributed by atoms with Gasteiger partial charge >= 0.3 is 0 Å². The highest BCUT2D eigenvalue weighted by Crippen LogP contribution is 2.22. The predicted octanol–water partition coefficient (Wildman–Crippen LogP) is 3.67. The third kappa shape index (κ3) is 6.08. The Hall–Kier alpha value is -2.89. The number of carbonyl (C=O) groups is 2. The van der Waals surface area contributed by atoms with Crippen LogP contribution in [-0.4, -0.2) is 31.4 Å². The van der Waals surface area contributed by atoms with Gasteiger partial charge in [0.25, 0.3) is 0 Å². The highest BCUT2D eigenvalue weighted by molar-refractivity contribution is 6.03. The van der Waals surface area contributed by atoms with Crippen molar-refractivity contribution in [2.24, 2.45) is 0 Å². The Bertz CT molecular complexity index is 819. The van der Waals surface area contributed by atoms with E-state index in [1.807, 2.05) is 25.1 Å². The number of aryl methyl sites for hydroxylation is 1. The summed E-state index contributed by atoms with van der Waals surface area (Å²) < 4.78 is 13.5. The van der Waals surface area contributed by atoms with Gasteiger partial charge in [0.05, 0.1) is 0 Å². The number of hydrogen-bond donors (Lipinski definition) is 2. The summed E-state index contributed by atoms with van der Waals surface area (Å²) in [6.07, 6.45) is 0.112. The molecule has 0 spiro atoms. The number of benzene rings is 2. The Labute approximate surface area is 165 Å². The molecule has 0 aliphatic rings. The number of amides is 2. The first-order valence-electron chi connectivity index (χ1n) is 9.60. The van der Waals surface area contributed by atoms with Crippen LogP contribution in [-0.2, 0) is 16.0 Å². The molecule has 0 radical (unpaired) electrons. The van der Waals surface area contributed by atoms with Gasteiger partial charge in [-0.25, -0.2) is 4.39 Å². The summed E-state index contributed by atoms with van der Waals surface area (Å²) in [6, 6.07) is 12.3. The van der Waals surface area contributed by atoms with E-state index < -0.39 is 0 Å². The van der Waals surface area contributed by atoms with Gasteiger partial charge < -0.3 is 15.5 Å². The zero-order valence-electron chi connectivity index (χ0n) is 16.7. The van der Waals surface area contributed by atoms with E-state index in [0.29, 0.717) is 17.7 Å². The molecule has 150 valence electrons. The standard InChI is InChI=1S/C22H28FN3O2/c1-4-26(5-2)18-10-11-20(16(3)14-18)25-22(28)15-21(27)24-13-12-17-8-6-7-9-19(17)23/h6-11,14H,4-5,12-13,15H2,1-3H3,(H,24,27)(H,25,28). The Morgan fingerprint density at radius 1 is 1.04 bits per heavy atom. The first-order chi connectivity index (χ1) is 13.4. The zero-order valence-corrected chi connectivity index (χ0v) is 16.7. The van der Waals surface area contributed by atoms with Crippen molar-refractivity contribution < 1.29 is 14.0 Å². The van der Waals surface area contributed by atoms with Crippen LogP contribution in [0.4, 0.5) is 15.8 Å². The molecular formula is C22H28FN3O2. The third-order valence-electron chi connectivity index (χ3n) is 4.61. The Morgan fingerprint density at radius 2 is 1.75 bits per heavy atom. The lowest BCUT2D eigenvalue weighted by Crippen LogP contribution is -2.30. The number of rotatable bonds is 9. The van der Waals surface area contributed by atoms with Crippen molar-refractivity contribution in [3.05, 3.63) is 59.4 Å². The van der Waals surface area contributed by atoms with E-state index in [0.717, 1.165) is 24.3 Å². The lowest BCUT2D eigenvalue weighted by molar-refractivity contribution is -0.126. The number of hydrogen-bond acceptors (Lipinski definition) is 3. The highest BCUT2D eigenvalue weighted by atomic mass is 19.1. The van der Waals surface area contributed by atoms with Gasteiger partial charge in [0.1, 0.15) is 12.2 Å². The van der Waals surface area contributed by atoms with E-state index in [2.05, 4.69) is 29.4 Å². The molecule has 6 heteroatoms.